The fourth-order valence-electron chi connectivity index (χ4n) is 3.74. The van der Waals surface area contributed by atoms with Crippen LogP contribution in [0.3, 0.4) is 0 Å². The lowest BCUT2D eigenvalue weighted by Gasteiger charge is -2.26. The van der Waals surface area contributed by atoms with Crippen molar-refractivity contribution in [1.82, 2.24) is 9.80 Å². The van der Waals surface area contributed by atoms with Gasteiger partial charge in [0.05, 0.1) is 11.8 Å². The van der Waals surface area contributed by atoms with Gasteiger partial charge in [0.1, 0.15) is 0 Å². The van der Waals surface area contributed by atoms with Crippen molar-refractivity contribution >= 4 is 11.9 Å². The van der Waals surface area contributed by atoms with Crippen LogP contribution in [0.5, 0.6) is 0 Å². The molecule has 1 amide bonds. The maximum atomic E-state index is 12.5. The van der Waals surface area contributed by atoms with E-state index in [1.54, 1.807) is 0 Å². The highest BCUT2D eigenvalue weighted by Crippen LogP contribution is 2.59. The molecule has 114 valence electrons. The molecule has 0 spiro atoms. The van der Waals surface area contributed by atoms with Crippen LogP contribution in [0.15, 0.2) is 0 Å². The van der Waals surface area contributed by atoms with E-state index in [1.807, 2.05) is 18.7 Å². The molecule has 1 N–H and O–H groups in total. The molecule has 1 saturated carbocycles. The highest BCUT2D eigenvalue weighted by molar-refractivity contribution is 5.91. The largest absolute Gasteiger partial charge is 0.481 e. The summed E-state index contributed by atoms with van der Waals surface area (Å²) in [7, 11) is 0. The molecule has 1 heterocycles. The minimum Gasteiger partial charge on any atom is -0.481 e. The molecule has 0 aromatic carbocycles. The number of carbonyl (C=O) groups excluding carboxylic acids is 1. The summed E-state index contributed by atoms with van der Waals surface area (Å²) < 4.78 is 0. The molecule has 0 aromatic rings. The van der Waals surface area contributed by atoms with Crippen molar-refractivity contribution in [3.63, 3.8) is 0 Å². The molecule has 5 nitrogen and oxygen atoms in total. The van der Waals surface area contributed by atoms with E-state index < -0.39 is 17.3 Å². The van der Waals surface area contributed by atoms with E-state index in [-0.39, 0.29) is 11.8 Å². The van der Waals surface area contributed by atoms with Crippen molar-refractivity contribution < 1.29 is 14.7 Å². The lowest BCUT2D eigenvalue weighted by molar-refractivity contribution is -0.141. The monoisotopic (exact) mass is 282 g/mol. The molecule has 2 rings (SSSR count). The summed E-state index contributed by atoms with van der Waals surface area (Å²) in [5, 5.41) is 9.19. The summed E-state index contributed by atoms with van der Waals surface area (Å²) >= 11 is 0. The van der Waals surface area contributed by atoms with Crippen LogP contribution in [0.25, 0.3) is 0 Å². The Kier molecular flexibility index (Phi) is 4.09. The first-order valence-corrected chi connectivity index (χ1v) is 7.60. The van der Waals surface area contributed by atoms with E-state index in [0.717, 1.165) is 32.6 Å². The first-order valence-electron chi connectivity index (χ1n) is 7.60. The van der Waals surface area contributed by atoms with Gasteiger partial charge in [-0.05, 0) is 24.9 Å². The third kappa shape index (κ3) is 2.43. The van der Waals surface area contributed by atoms with Crippen LogP contribution < -0.4 is 0 Å². The van der Waals surface area contributed by atoms with E-state index in [9.17, 15) is 14.7 Å². The maximum Gasteiger partial charge on any atom is 0.307 e. The SMILES string of the molecule is CCN(CC)C1CCN(C(=O)C2C(C(=O)O)C2(C)C)C1. The van der Waals surface area contributed by atoms with E-state index in [2.05, 4.69) is 18.7 Å². The normalized spacial score (nSPS) is 31.6. The number of carbonyl (C=O) groups is 2. The molecule has 20 heavy (non-hydrogen) atoms. The van der Waals surface area contributed by atoms with Gasteiger partial charge in [0.2, 0.25) is 5.91 Å². The Bertz CT molecular complexity index is 404. The molecule has 3 unspecified atom stereocenters. The van der Waals surface area contributed by atoms with Gasteiger partial charge in [0.15, 0.2) is 0 Å². The standard InChI is InChI=1S/C15H26N2O3/c1-5-16(6-2)10-7-8-17(9-10)13(18)11-12(14(19)20)15(11,3)4/h10-12H,5-9H2,1-4H3,(H,19,20). The molecular formula is C15H26N2O3. The molecule has 0 bridgehead atoms. The third-order valence-corrected chi connectivity index (χ3v) is 5.16. The summed E-state index contributed by atoms with van der Waals surface area (Å²) in [4.78, 5) is 28.0. The van der Waals surface area contributed by atoms with E-state index in [0.29, 0.717) is 6.04 Å². The topological polar surface area (TPSA) is 60.9 Å². The zero-order valence-electron chi connectivity index (χ0n) is 12.9. The summed E-state index contributed by atoms with van der Waals surface area (Å²) in [6, 6.07) is 0.430. The molecule has 2 fully saturated rings. The summed E-state index contributed by atoms with van der Waals surface area (Å²) in [5.41, 5.74) is -0.393. The van der Waals surface area contributed by atoms with Gasteiger partial charge in [-0.2, -0.15) is 0 Å². The van der Waals surface area contributed by atoms with Crippen LogP contribution in [-0.2, 0) is 9.59 Å². The molecule has 0 aromatic heterocycles. The molecular weight excluding hydrogens is 256 g/mol. The molecule has 0 radical (unpaired) electrons. The van der Waals surface area contributed by atoms with Gasteiger partial charge in [0.25, 0.3) is 0 Å². The van der Waals surface area contributed by atoms with Gasteiger partial charge in [-0.25, -0.2) is 0 Å². The van der Waals surface area contributed by atoms with Gasteiger partial charge in [-0.1, -0.05) is 27.7 Å². The average Bonchev–Trinajstić information content (AvgIpc) is 2.75. The molecule has 2 aliphatic rings. The Hall–Kier alpha value is -1.10. The van der Waals surface area contributed by atoms with E-state index >= 15 is 0 Å². The summed E-state index contributed by atoms with van der Waals surface area (Å²) in [6.07, 6.45) is 0.998. The number of amides is 1. The van der Waals surface area contributed by atoms with Gasteiger partial charge in [0, 0.05) is 19.1 Å². The predicted octanol–water partition coefficient (Wildman–Crippen LogP) is 1.29. The van der Waals surface area contributed by atoms with Gasteiger partial charge < -0.3 is 10.0 Å². The quantitative estimate of drug-likeness (QED) is 0.825. The number of likely N-dealkylation sites (tertiary alicyclic amines) is 1. The second kappa shape index (κ2) is 5.35. The minimum atomic E-state index is -0.840. The predicted molar refractivity (Wildman–Crippen MR) is 76.3 cm³/mol. The third-order valence-electron chi connectivity index (χ3n) is 5.16. The van der Waals surface area contributed by atoms with E-state index in [1.165, 1.54) is 0 Å². The highest BCUT2D eigenvalue weighted by atomic mass is 16.4. The first kappa shape index (κ1) is 15.3. The van der Waals surface area contributed by atoms with Crippen molar-refractivity contribution in [2.75, 3.05) is 26.2 Å². The number of likely N-dealkylation sites (N-methyl/N-ethyl adjacent to an activating group) is 1. The zero-order valence-corrected chi connectivity index (χ0v) is 12.9. The number of nitrogens with zero attached hydrogens (tertiary/aromatic N) is 2. The fourth-order valence-corrected chi connectivity index (χ4v) is 3.74. The van der Waals surface area contributed by atoms with Gasteiger partial charge in [-0.15, -0.1) is 0 Å². The first-order chi connectivity index (χ1) is 9.34. The molecule has 5 heteroatoms. The number of carboxylic acid groups (broad SMARTS) is 1. The Morgan fingerprint density at radius 1 is 1.25 bits per heavy atom. The van der Waals surface area contributed by atoms with Gasteiger partial charge >= 0.3 is 5.97 Å². The number of hydrogen-bond donors (Lipinski definition) is 1. The zero-order chi connectivity index (χ0) is 15.1. The van der Waals surface area contributed by atoms with Gasteiger partial charge in [-0.3, -0.25) is 14.5 Å². The number of rotatable bonds is 5. The van der Waals surface area contributed by atoms with Crippen LogP contribution in [0, 0.1) is 17.3 Å². The Balaban J connectivity index is 1.98. The van der Waals surface area contributed by atoms with Crippen molar-refractivity contribution in [3.05, 3.63) is 0 Å². The van der Waals surface area contributed by atoms with Crippen molar-refractivity contribution in [2.45, 2.75) is 40.2 Å². The number of hydrogen-bond acceptors (Lipinski definition) is 3. The van der Waals surface area contributed by atoms with Crippen LogP contribution in [0.1, 0.15) is 34.1 Å². The van der Waals surface area contributed by atoms with Crippen molar-refractivity contribution in [2.24, 2.45) is 17.3 Å². The molecule has 1 aliphatic carbocycles. The van der Waals surface area contributed by atoms with Crippen molar-refractivity contribution in [3.8, 4) is 0 Å². The summed E-state index contributed by atoms with van der Waals surface area (Å²) in [5.74, 6) is -1.65. The molecule has 1 saturated heterocycles. The number of aliphatic carboxylic acids is 1. The van der Waals surface area contributed by atoms with Crippen molar-refractivity contribution in [1.29, 1.82) is 0 Å². The second-order valence-electron chi connectivity index (χ2n) is 6.56. The lowest BCUT2D eigenvalue weighted by Crippen LogP contribution is -2.39. The van der Waals surface area contributed by atoms with Crippen LogP contribution >= 0.6 is 0 Å². The smallest absolute Gasteiger partial charge is 0.307 e. The van der Waals surface area contributed by atoms with Crippen LogP contribution in [-0.4, -0.2) is 59.0 Å². The Morgan fingerprint density at radius 3 is 2.30 bits per heavy atom. The Labute approximate surface area is 120 Å². The average molecular weight is 282 g/mol. The van der Waals surface area contributed by atoms with E-state index in [4.69, 9.17) is 0 Å². The molecule has 1 aliphatic heterocycles. The minimum absolute atomic E-state index is 0.0389. The number of carboxylic acids is 1. The van der Waals surface area contributed by atoms with Crippen LogP contribution in [0.2, 0.25) is 0 Å². The highest BCUT2D eigenvalue weighted by Gasteiger charge is 2.66. The lowest BCUT2D eigenvalue weighted by atomic mass is 10.1. The fraction of sp³-hybridized carbons (Fsp3) is 0.867. The van der Waals surface area contributed by atoms with Crippen LogP contribution in [0.4, 0.5) is 0 Å². The summed E-state index contributed by atoms with van der Waals surface area (Å²) in [6.45, 7) is 11.5. The second-order valence-corrected chi connectivity index (χ2v) is 6.56. The molecule has 3 atom stereocenters. The maximum absolute atomic E-state index is 12.5. The Morgan fingerprint density at radius 2 is 1.85 bits per heavy atom.